The van der Waals surface area contributed by atoms with E-state index in [1.807, 2.05) is 13.0 Å². The van der Waals surface area contributed by atoms with Gasteiger partial charge >= 0.3 is 5.97 Å². The topological polar surface area (TPSA) is 100 Å². The Morgan fingerprint density at radius 1 is 1.30 bits per heavy atom. The van der Waals surface area contributed by atoms with E-state index in [0.29, 0.717) is 16.5 Å². The number of benzene rings is 1. The number of carboxylic acids is 1. The number of hydrogen-bond donors (Lipinski definition) is 2. The smallest absolute Gasteiger partial charge is 0.356 e. The Bertz CT molecular complexity index is 1330. The molecule has 4 rings (SSSR count). The van der Waals surface area contributed by atoms with Gasteiger partial charge in [-0.25, -0.2) is 23.5 Å². The van der Waals surface area contributed by atoms with Gasteiger partial charge in [-0.05, 0) is 37.6 Å². The number of hydrogen-bond acceptors (Lipinski definition) is 6. The zero-order chi connectivity index (χ0) is 24.1. The highest BCUT2D eigenvalue weighted by atomic mass is 35.5. The molecule has 1 aliphatic rings. The number of nitrogens with one attached hydrogen (secondary N) is 1. The largest absolute Gasteiger partial charge is 0.476 e. The summed E-state index contributed by atoms with van der Waals surface area (Å²) in [4.78, 5) is 34.6. The first-order chi connectivity index (χ1) is 15.5. The van der Waals surface area contributed by atoms with E-state index in [-0.39, 0.29) is 41.0 Å². The molecule has 1 aromatic carbocycles. The van der Waals surface area contributed by atoms with Gasteiger partial charge in [-0.3, -0.25) is 9.36 Å². The summed E-state index contributed by atoms with van der Waals surface area (Å²) in [6.45, 7) is 3.20. The van der Waals surface area contributed by atoms with Crippen molar-refractivity contribution in [2.24, 2.45) is 7.05 Å². The molecule has 0 amide bonds. The maximum atomic E-state index is 13.8. The molecule has 8 nitrogen and oxygen atoms in total. The first kappa shape index (κ1) is 22.9. The summed E-state index contributed by atoms with van der Waals surface area (Å²) in [7, 11) is 1.52. The molecule has 0 saturated carbocycles. The summed E-state index contributed by atoms with van der Waals surface area (Å²) in [6, 6.07) is 6.03. The van der Waals surface area contributed by atoms with Crippen LogP contribution in [0.5, 0.6) is 0 Å². The van der Waals surface area contributed by atoms with E-state index in [2.05, 4.69) is 15.3 Å². The number of carbonyl (C=O) groups is 1. The summed E-state index contributed by atoms with van der Waals surface area (Å²) < 4.78 is 28.9. The van der Waals surface area contributed by atoms with Gasteiger partial charge in [0.05, 0.1) is 29.2 Å². The third-order valence-corrected chi connectivity index (χ3v) is 5.90. The van der Waals surface area contributed by atoms with E-state index in [0.717, 1.165) is 5.56 Å². The lowest BCUT2D eigenvalue weighted by molar-refractivity contribution is 0.0256. The Morgan fingerprint density at radius 2 is 2.03 bits per heavy atom. The molecular weight excluding hydrogens is 456 g/mol. The van der Waals surface area contributed by atoms with Gasteiger partial charge in [0.2, 0.25) is 5.95 Å². The molecule has 174 valence electrons. The predicted molar refractivity (Wildman–Crippen MR) is 122 cm³/mol. The van der Waals surface area contributed by atoms with E-state index < -0.39 is 24.5 Å². The number of nitrogens with zero attached hydrogens (tertiary/aromatic N) is 4. The SMILES string of the molecule is Cc1cc([C@H](C)Nc2ccc(Cl)nc2C(=O)O)c2nc(N3CCC(F)(F)C3)n(C)c(=O)c2c1. The predicted octanol–water partition coefficient (Wildman–Crippen LogP) is 4.01. The normalized spacial score (nSPS) is 16.2. The van der Waals surface area contributed by atoms with Crippen LogP contribution < -0.4 is 15.8 Å². The molecule has 0 bridgehead atoms. The highest BCUT2D eigenvalue weighted by Crippen LogP contribution is 2.32. The lowest BCUT2D eigenvalue weighted by Crippen LogP contribution is -2.32. The fourth-order valence-electron chi connectivity index (χ4n) is 4.09. The third kappa shape index (κ3) is 4.35. The van der Waals surface area contributed by atoms with Crippen LogP contribution in [0.25, 0.3) is 10.9 Å². The number of aromatic nitrogens is 3. The van der Waals surface area contributed by atoms with E-state index in [1.165, 1.54) is 28.6 Å². The van der Waals surface area contributed by atoms with E-state index in [9.17, 15) is 23.5 Å². The van der Waals surface area contributed by atoms with Crippen LogP contribution in [-0.4, -0.2) is 44.6 Å². The third-order valence-electron chi connectivity index (χ3n) is 5.69. The van der Waals surface area contributed by atoms with Crippen LogP contribution in [0.15, 0.2) is 29.1 Å². The highest BCUT2D eigenvalue weighted by Gasteiger charge is 2.39. The van der Waals surface area contributed by atoms with Crippen molar-refractivity contribution in [2.75, 3.05) is 23.3 Å². The lowest BCUT2D eigenvalue weighted by atomic mass is 10.0. The highest BCUT2D eigenvalue weighted by molar-refractivity contribution is 6.29. The average molecular weight is 478 g/mol. The second-order valence-electron chi connectivity index (χ2n) is 8.26. The van der Waals surface area contributed by atoms with Gasteiger partial charge in [0.1, 0.15) is 5.15 Å². The average Bonchev–Trinajstić information content (AvgIpc) is 3.11. The molecule has 3 aromatic rings. The van der Waals surface area contributed by atoms with Crippen LogP contribution in [0.4, 0.5) is 20.4 Å². The minimum absolute atomic E-state index is 0.0452. The minimum Gasteiger partial charge on any atom is -0.476 e. The van der Waals surface area contributed by atoms with Crippen molar-refractivity contribution in [3.8, 4) is 0 Å². The van der Waals surface area contributed by atoms with Crippen molar-refractivity contribution < 1.29 is 18.7 Å². The number of halogens is 3. The number of anilines is 2. The summed E-state index contributed by atoms with van der Waals surface area (Å²) >= 11 is 5.84. The lowest BCUT2D eigenvalue weighted by Gasteiger charge is -2.23. The molecule has 0 radical (unpaired) electrons. The summed E-state index contributed by atoms with van der Waals surface area (Å²) in [5, 5.41) is 13.0. The van der Waals surface area contributed by atoms with Gasteiger partial charge in [0, 0.05) is 25.6 Å². The van der Waals surface area contributed by atoms with Crippen LogP contribution in [0.3, 0.4) is 0 Å². The number of aromatic carboxylic acids is 1. The van der Waals surface area contributed by atoms with Crippen molar-refractivity contribution in [3.05, 3.63) is 56.6 Å². The van der Waals surface area contributed by atoms with Crippen LogP contribution >= 0.6 is 11.6 Å². The van der Waals surface area contributed by atoms with E-state index in [1.54, 1.807) is 13.0 Å². The number of fused-ring (bicyclic) bond motifs is 1. The van der Waals surface area contributed by atoms with Crippen molar-refractivity contribution in [2.45, 2.75) is 32.2 Å². The molecule has 0 unspecified atom stereocenters. The number of pyridine rings is 1. The zero-order valence-corrected chi connectivity index (χ0v) is 19.0. The summed E-state index contributed by atoms with van der Waals surface area (Å²) in [6.07, 6.45) is -0.304. The Hall–Kier alpha value is -3.27. The monoisotopic (exact) mass is 477 g/mol. The van der Waals surface area contributed by atoms with Gasteiger partial charge in [0.15, 0.2) is 5.69 Å². The number of rotatable bonds is 5. The molecule has 1 atom stereocenters. The molecule has 11 heteroatoms. The van der Waals surface area contributed by atoms with Gasteiger partial charge in [-0.2, -0.15) is 0 Å². The van der Waals surface area contributed by atoms with Crippen molar-refractivity contribution in [1.29, 1.82) is 0 Å². The number of aryl methyl sites for hydroxylation is 1. The molecule has 0 spiro atoms. The van der Waals surface area contributed by atoms with Crippen molar-refractivity contribution >= 4 is 40.1 Å². The van der Waals surface area contributed by atoms with Crippen LogP contribution in [0, 0.1) is 6.92 Å². The fraction of sp³-hybridized carbons (Fsp3) is 0.364. The molecule has 1 fully saturated rings. The van der Waals surface area contributed by atoms with Gasteiger partial charge in [0.25, 0.3) is 11.5 Å². The first-order valence-corrected chi connectivity index (χ1v) is 10.6. The van der Waals surface area contributed by atoms with E-state index in [4.69, 9.17) is 11.6 Å². The van der Waals surface area contributed by atoms with Gasteiger partial charge in [-0.1, -0.05) is 17.7 Å². The quantitative estimate of drug-likeness (QED) is 0.535. The summed E-state index contributed by atoms with van der Waals surface area (Å²) in [5.41, 5.74) is 1.46. The second kappa shape index (κ2) is 8.26. The molecule has 3 heterocycles. The molecule has 2 N–H and O–H groups in total. The maximum absolute atomic E-state index is 13.8. The Morgan fingerprint density at radius 3 is 2.67 bits per heavy atom. The molecule has 1 saturated heterocycles. The van der Waals surface area contributed by atoms with Crippen molar-refractivity contribution in [3.63, 3.8) is 0 Å². The molecule has 0 aliphatic carbocycles. The molecular formula is C22H22ClF2N5O3. The van der Waals surface area contributed by atoms with Gasteiger partial charge in [-0.15, -0.1) is 0 Å². The van der Waals surface area contributed by atoms with Crippen LogP contribution in [0.2, 0.25) is 5.15 Å². The van der Waals surface area contributed by atoms with E-state index >= 15 is 0 Å². The standard InChI is InChI=1S/C22H22ClF2N5O3/c1-11-8-13(12(2)26-15-4-5-16(23)27-18(15)20(32)33)17-14(9-11)19(31)29(3)21(28-17)30-7-6-22(24,25)10-30/h4-5,8-9,12,26H,6-7,10H2,1-3H3,(H,32,33)/t12-/m0/s1. The van der Waals surface area contributed by atoms with Crippen LogP contribution in [0.1, 0.15) is 41.0 Å². The molecule has 33 heavy (non-hydrogen) atoms. The summed E-state index contributed by atoms with van der Waals surface area (Å²) in [5.74, 6) is -3.92. The molecule has 1 aliphatic heterocycles. The van der Waals surface area contributed by atoms with Crippen LogP contribution in [-0.2, 0) is 7.05 Å². The Kier molecular flexibility index (Phi) is 5.73. The zero-order valence-electron chi connectivity index (χ0n) is 18.2. The van der Waals surface area contributed by atoms with Gasteiger partial charge < -0.3 is 15.3 Å². The number of alkyl halides is 2. The Balaban J connectivity index is 1.82. The van der Waals surface area contributed by atoms with Crippen molar-refractivity contribution in [1.82, 2.24) is 14.5 Å². The fourth-order valence-corrected chi connectivity index (χ4v) is 4.23. The first-order valence-electron chi connectivity index (χ1n) is 10.3. The Labute approximate surface area is 192 Å². The maximum Gasteiger partial charge on any atom is 0.356 e. The number of carboxylic acid groups (broad SMARTS) is 1. The second-order valence-corrected chi connectivity index (χ2v) is 8.64. The molecule has 2 aromatic heterocycles. The minimum atomic E-state index is -2.84.